The van der Waals surface area contributed by atoms with Crippen molar-refractivity contribution in [1.82, 2.24) is 10.2 Å². The van der Waals surface area contributed by atoms with Gasteiger partial charge in [-0.15, -0.1) is 6.58 Å². The van der Waals surface area contributed by atoms with Gasteiger partial charge >= 0.3 is 0 Å². The summed E-state index contributed by atoms with van der Waals surface area (Å²) in [5.74, 6) is 0. The smallest absolute Gasteiger partial charge is 0.0297 e. The van der Waals surface area contributed by atoms with E-state index in [1.54, 1.807) is 0 Å². The van der Waals surface area contributed by atoms with Crippen LogP contribution in [0.3, 0.4) is 0 Å². The van der Waals surface area contributed by atoms with Crippen molar-refractivity contribution in [2.45, 2.75) is 44.3 Å². The molecular formula is C23H30N2. The Balaban J connectivity index is 1.61. The third kappa shape index (κ3) is 4.81. The van der Waals surface area contributed by atoms with Crippen LogP contribution in [0.5, 0.6) is 0 Å². The van der Waals surface area contributed by atoms with Crippen LogP contribution >= 0.6 is 0 Å². The summed E-state index contributed by atoms with van der Waals surface area (Å²) in [6.07, 6.45) is 5.45. The molecule has 2 nitrogen and oxygen atoms in total. The van der Waals surface area contributed by atoms with Crippen LogP contribution in [0.25, 0.3) is 0 Å². The molecule has 0 aliphatic carbocycles. The molecule has 0 saturated carbocycles. The molecule has 0 spiro atoms. The predicted molar refractivity (Wildman–Crippen MR) is 106 cm³/mol. The van der Waals surface area contributed by atoms with Crippen LogP contribution in [0, 0.1) is 0 Å². The van der Waals surface area contributed by atoms with Gasteiger partial charge in [-0.1, -0.05) is 66.7 Å². The summed E-state index contributed by atoms with van der Waals surface area (Å²) in [6, 6.07) is 21.9. The Morgan fingerprint density at radius 3 is 2.24 bits per heavy atom. The number of benzene rings is 2. The maximum Gasteiger partial charge on any atom is 0.0297 e. The third-order valence-corrected chi connectivity index (χ3v) is 5.42. The molecule has 1 heterocycles. The minimum atomic E-state index is 0.171. The number of nitrogens with zero attached hydrogens (tertiary/aromatic N) is 1. The highest BCUT2D eigenvalue weighted by molar-refractivity contribution is 5.19. The summed E-state index contributed by atoms with van der Waals surface area (Å²) in [7, 11) is 0. The van der Waals surface area contributed by atoms with Crippen molar-refractivity contribution in [2.24, 2.45) is 0 Å². The molecule has 1 fully saturated rings. The van der Waals surface area contributed by atoms with Crippen molar-refractivity contribution < 1.29 is 0 Å². The van der Waals surface area contributed by atoms with Crippen molar-refractivity contribution in [3.8, 4) is 0 Å². The summed E-state index contributed by atoms with van der Waals surface area (Å²) in [5.41, 5.74) is 2.94. The van der Waals surface area contributed by atoms with Gasteiger partial charge in [0.15, 0.2) is 0 Å². The Kier molecular flexibility index (Phi) is 6.06. The SMILES string of the molecule is C=CCC1(NC(C)c2ccccc2)CCN(Cc2ccccc2)CC1. The van der Waals surface area contributed by atoms with Crippen LogP contribution in [0.1, 0.15) is 43.4 Å². The van der Waals surface area contributed by atoms with Crippen molar-refractivity contribution in [3.05, 3.63) is 84.4 Å². The van der Waals surface area contributed by atoms with Gasteiger partial charge in [-0.3, -0.25) is 4.90 Å². The van der Waals surface area contributed by atoms with Gasteiger partial charge in [0.2, 0.25) is 0 Å². The summed E-state index contributed by atoms with van der Waals surface area (Å²) >= 11 is 0. The van der Waals surface area contributed by atoms with Gasteiger partial charge in [-0.2, -0.15) is 0 Å². The standard InChI is InChI=1S/C23H30N2/c1-3-14-23(24-20(2)22-12-8-5-9-13-22)15-17-25(18-16-23)19-21-10-6-4-7-11-21/h3-13,20,24H,1,14-19H2,2H3. The highest BCUT2D eigenvalue weighted by Gasteiger charge is 2.34. The van der Waals surface area contributed by atoms with Gasteiger partial charge in [-0.25, -0.2) is 0 Å². The summed E-state index contributed by atoms with van der Waals surface area (Å²) in [5, 5.41) is 3.94. The van der Waals surface area contributed by atoms with Crippen LogP contribution in [-0.2, 0) is 6.54 Å². The summed E-state index contributed by atoms with van der Waals surface area (Å²) in [4.78, 5) is 2.57. The Bertz CT molecular complexity index is 642. The average Bonchev–Trinajstić information content (AvgIpc) is 2.65. The maximum atomic E-state index is 4.01. The zero-order valence-electron chi connectivity index (χ0n) is 15.3. The second kappa shape index (κ2) is 8.46. The van der Waals surface area contributed by atoms with Crippen LogP contribution in [0.15, 0.2) is 73.3 Å². The Morgan fingerprint density at radius 1 is 1.04 bits per heavy atom. The Labute approximate surface area is 152 Å². The van der Waals surface area contributed by atoms with Gasteiger partial charge in [0.1, 0.15) is 0 Å². The molecule has 1 unspecified atom stereocenters. The zero-order chi connectivity index (χ0) is 17.5. The molecule has 1 aliphatic heterocycles. The van der Waals surface area contributed by atoms with Gasteiger partial charge in [-0.05, 0) is 37.3 Å². The van der Waals surface area contributed by atoms with Crippen molar-refractivity contribution in [3.63, 3.8) is 0 Å². The largest absolute Gasteiger partial charge is 0.304 e. The lowest BCUT2D eigenvalue weighted by atomic mass is 9.83. The molecule has 3 rings (SSSR count). The highest BCUT2D eigenvalue weighted by Crippen LogP contribution is 2.30. The summed E-state index contributed by atoms with van der Waals surface area (Å²) < 4.78 is 0. The summed E-state index contributed by atoms with van der Waals surface area (Å²) in [6.45, 7) is 9.61. The monoisotopic (exact) mass is 334 g/mol. The predicted octanol–water partition coefficient (Wildman–Crippen LogP) is 4.95. The molecule has 2 aromatic carbocycles. The van der Waals surface area contributed by atoms with Crippen LogP contribution in [-0.4, -0.2) is 23.5 Å². The first-order chi connectivity index (χ1) is 12.2. The minimum Gasteiger partial charge on any atom is -0.304 e. The molecule has 2 heteroatoms. The molecule has 0 amide bonds. The fourth-order valence-corrected chi connectivity index (χ4v) is 3.95. The first kappa shape index (κ1) is 17.9. The Hall–Kier alpha value is -1.90. The van der Waals surface area contributed by atoms with Gasteiger partial charge < -0.3 is 5.32 Å². The number of rotatable bonds is 7. The number of hydrogen-bond donors (Lipinski definition) is 1. The molecule has 1 N–H and O–H groups in total. The minimum absolute atomic E-state index is 0.171. The van der Waals surface area contributed by atoms with E-state index in [9.17, 15) is 0 Å². The van der Waals surface area contributed by atoms with E-state index < -0.39 is 0 Å². The number of likely N-dealkylation sites (tertiary alicyclic amines) is 1. The molecule has 0 radical (unpaired) electrons. The van der Waals surface area contributed by atoms with Crippen LogP contribution < -0.4 is 5.32 Å². The number of nitrogens with one attached hydrogen (secondary N) is 1. The lowest BCUT2D eigenvalue weighted by Gasteiger charge is -2.44. The van der Waals surface area contributed by atoms with E-state index in [1.807, 2.05) is 0 Å². The molecule has 1 saturated heterocycles. The lowest BCUT2D eigenvalue weighted by molar-refractivity contribution is 0.122. The van der Waals surface area contributed by atoms with Gasteiger partial charge in [0.25, 0.3) is 0 Å². The zero-order valence-corrected chi connectivity index (χ0v) is 15.3. The fourth-order valence-electron chi connectivity index (χ4n) is 3.95. The maximum absolute atomic E-state index is 4.01. The topological polar surface area (TPSA) is 15.3 Å². The second-order valence-corrected chi connectivity index (χ2v) is 7.31. The first-order valence-electron chi connectivity index (χ1n) is 9.41. The van der Waals surface area contributed by atoms with Crippen molar-refractivity contribution in [1.29, 1.82) is 0 Å². The second-order valence-electron chi connectivity index (χ2n) is 7.31. The number of piperidine rings is 1. The number of hydrogen-bond acceptors (Lipinski definition) is 2. The third-order valence-electron chi connectivity index (χ3n) is 5.42. The highest BCUT2D eigenvalue weighted by atomic mass is 15.2. The first-order valence-corrected chi connectivity index (χ1v) is 9.41. The molecule has 132 valence electrons. The quantitative estimate of drug-likeness (QED) is 0.721. The van der Waals surface area contributed by atoms with E-state index in [0.717, 1.165) is 26.1 Å². The van der Waals surface area contributed by atoms with E-state index in [4.69, 9.17) is 0 Å². The van der Waals surface area contributed by atoms with Crippen LogP contribution in [0.4, 0.5) is 0 Å². The van der Waals surface area contributed by atoms with E-state index in [-0.39, 0.29) is 5.54 Å². The normalized spacial score (nSPS) is 18.6. The molecule has 0 aromatic heterocycles. The molecule has 2 aromatic rings. The van der Waals surface area contributed by atoms with Gasteiger partial charge in [0, 0.05) is 31.2 Å². The van der Waals surface area contributed by atoms with E-state index in [2.05, 4.69) is 90.5 Å². The van der Waals surface area contributed by atoms with Crippen molar-refractivity contribution >= 4 is 0 Å². The lowest BCUT2D eigenvalue weighted by Crippen LogP contribution is -2.53. The van der Waals surface area contributed by atoms with E-state index in [1.165, 1.54) is 24.0 Å². The fraction of sp³-hybridized carbons (Fsp3) is 0.391. The molecule has 0 bridgehead atoms. The Morgan fingerprint density at radius 2 is 1.64 bits per heavy atom. The van der Waals surface area contributed by atoms with E-state index >= 15 is 0 Å². The van der Waals surface area contributed by atoms with Gasteiger partial charge in [0.05, 0.1) is 0 Å². The molecule has 25 heavy (non-hydrogen) atoms. The van der Waals surface area contributed by atoms with Crippen molar-refractivity contribution in [2.75, 3.05) is 13.1 Å². The molecule has 1 aliphatic rings. The van der Waals surface area contributed by atoms with E-state index in [0.29, 0.717) is 6.04 Å². The van der Waals surface area contributed by atoms with Crippen LogP contribution in [0.2, 0.25) is 0 Å². The molecule has 1 atom stereocenters. The molecular weight excluding hydrogens is 304 g/mol. The average molecular weight is 335 g/mol.